The van der Waals surface area contributed by atoms with Crippen LogP contribution in [0.1, 0.15) is 16.8 Å². The Hall–Kier alpha value is -1.21. The minimum atomic E-state index is -1.14. The van der Waals surface area contributed by atoms with Gasteiger partial charge in [0.25, 0.3) is 0 Å². The fourth-order valence-corrected chi connectivity index (χ4v) is 6.31. The van der Waals surface area contributed by atoms with E-state index >= 15 is 0 Å². The van der Waals surface area contributed by atoms with E-state index in [1.165, 1.54) is 12.1 Å². The van der Waals surface area contributed by atoms with Crippen molar-refractivity contribution in [3.05, 3.63) is 29.8 Å². The molecule has 23 heavy (non-hydrogen) atoms. The number of alkyl halides is 2. The Balaban J connectivity index is 1.78. The van der Waals surface area contributed by atoms with Crippen molar-refractivity contribution >= 4 is 55.3 Å². The number of benzene rings is 1. The third-order valence-electron chi connectivity index (χ3n) is 5.36. The molecule has 3 aliphatic rings. The fourth-order valence-electron chi connectivity index (χ4n) is 4.44. The van der Waals surface area contributed by atoms with Gasteiger partial charge in [-0.25, -0.2) is 9.69 Å². The number of carboxylic acid groups (broad SMARTS) is 1. The average molecular weight is 443 g/mol. The molecule has 1 heterocycles. The summed E-state index contributed by atoms with van der Waals surface area (Å²) < 4.78 is 0. The van der Waals surface area contributed by atoms with E-state index < -0.39 is 5.97 Å². The number of para-hydroxylation sites is 1. The van der Waals surface area contributed by atoms with Gasteiger partial charge in [-0.1, -0.05) is 44.0 Å². The highest BCUT2D eigenvalue weighted by Crippen LogP contribution is 2.60. The van der Waals surface area contributed by atoms with Crippen LogP contribution in [0.2, 0.25) is 0 Å². The number of aromatic carboxylic acids is 1. The van der Waals surface area contributed by atoms with Gasteiger partial charge in [0.1, 0.15) is 0 Å². The summed E-state index contributed by atoms with van der Waals surface area (Å²) in [6.07, 6.45) is 0.854. The molecule has 7 heteroatoms. The van der Waals surface area contributed by atoms with Gasteiger partial charge in [-0.2, -0.15) is 0 Å². The lowest BCUT2D eigenvalue weighted by Crippen LogP contribution is -2.37. The van der Waals surface area contributed by atoms with Crippen LogP contribution < -0.4 is 4.90 Å². The molecule has 4 rings (SSSR count). The molecule has 1 aliphatic heterocycles. The minimum Gasteiger partial charge on any atom is -0.478 e. The predicted octanol–water partition coefficient (Wildman–Crippen LogP) is 2.67. The van der Waals surface area contributed by atoms with Gasteiger partial charge in [-0.15, -0.1) is 0 Å². The number of hydrogen-bond donors (Lipinski definition) is 1. The monoisotopic (exact) mass is 441 g/mol. The van der Waals surface area contributed by atoms with E-state index in [1.807, 2.05) is 0 Å². The number of carboxylic acids is 1. The van der Waals surface area contributed by atoms with Gasteiger partial charge in [-0.05, 0) is 30.4 Å². The summed E-state index contributed by atoms with van der Waals surface area (Å²) in [5, 5.41) is 9.34. The number of nitrogens with zero attached hydrogens (tertiary/aromatic N) is 1. The molecule has 3 fully saturated rings. The fraction of sp³-hybridized carbons (Fsp3) is 0.438. The molecule has 2 aliphatic carbocycles. The molecule has 0 unspecified atom stereocenters. The maximum Gasteiger partial charge on any atom is 0.337 e. The number of rotatable bonds is 2. The number of carbonyl (C=O) groups excluding carboxylic acids is 2. The second kappa shape index (κ2) is 5.14. The van der Waals surface area contributed by atoms with E-state index in [9.17, 15) is 19.5 Å². The van der Waals surface area contributed by atoms with E-state index in [0.29, 0.717) is 0 Å². The van der Waals surface area contributed by atoms with Crippen molar-refractivity contribution in [2.24, 2.45) is 23.7 Å². The average Bonchev–Trinajstić information content (AvgIpc) is 3.12. The lowest BCUT2D eigenvalue weighted by atomic mass is 9.81. The highest BCUT2D eigenvalue weighted by Gasteiger charge is 2.66. The Morgan fingerprint density at radius 3 is 2.09 bits per heavy atom. The topological polar surface area (TPSA) is 74.7 Å². The Morgan fingerprint density at radius 1 is 1.04 bits per heavy atom. The molecule has 1 aromatic carbocycles. The van der Waals surface area contributed by atoms with Crippen molar-refractivity contribution in [2.45, 2.75) is 16.1 Å². The van der Waals surface area contributed by atoms with Gasteiger partial charge >= 0.3 is 5.97 Å². The van der Waals surface area contributed by atoms with Gasteiger partial charge in [-0.3, -0.25) is 9.59 Å². The third-order valence-corrected chi connectivity index (χ3v) is 8.57. The Kier molecular flexibility index (Phi) is 3.43. The molecule has 1 N–H and O–H groups in total. The zero-order valence-corrected chi connectivity index (χ0v) is 15.0. The molecular weight excluding hydrogens is 430 g/mol. The largest absolute Gasteiger partial charge is 0.478 e. The van der Waals surface area contributed by atoms with E-state index in [2.05, 4.69) is 31.9 Å². The van der Waals surface area contributed by atoms with Gasteiger partial charge in [0.05, 0.1) is 23.1 Å². The Labute approximate surface area is 149 Å². The van der Waals surface area contributed by atoms with Crippen LogP contribution in [0.4, 0.5) is 5.69 Å². The number of imide groups is 1. The summed E-state index contributed by atoms with van der Waals surface area (Å²) in [5.41, 5.74) is 0.161. The molecule has 6 atom stereocenters. The summed E-state index contributed by atoms with van der Waals surface area (Å²) in [6, 6.07) is 6.18. The van der Waals surface area contributed by atoms with Gasteiger partial charge in [0.15, 0.2) is 0 Å². The second-order valence-corrected chi connectivity index (χ2v) is 8.45. The number of halogens is 2. The molecule has 1 aromatic rings. The molecule has 2 amide bonds. The summed E-state index contributed by atoms with van der Waals surface area (Å²) in [6.45, 7) is 0. The predicted molar refractivity (Wildman–Crippen MR) is 89.9 cm³/mol. The quantitative estimate of drug-likeness (QED) is 0.564. The molecule has 0 aromatic heterocycles. The number of hydrogen-bond acceptors (Lipinski definition) is 3. The molecule has 120 valence electrons. The van der Waals surface area contributed by atoms with Crippen LogP contribution in [0.5, 0.6) is 0 Å². The van der Waals surface area contributed by atoms with Crippen LogP contribution in [-0.4, -0.2) is 32.5 Å². The molecular formula is C16H13Br2NO4. The number of fused-ring (bicyclic) bond motifs is 5. The molecule has 0 radical (unpaired) electrons. The van der Waals surface area contributed by atoms with Crippen molar-refractivity contribution in [1.29, 1.82) is 0 Å². The lowest BCUT2D eigenvalue weighted by molar-refractivity contribution is -0.123. The van der Waals surface area contributed by atoms with E-state index in [4.69, 9.17) is 0 Å². The third kappa shape index (κ3) is 1.92. The number of carbonyl (C=O) groups is 3. The SMILES string of the molecule is O=C(O)c1ccccc1N1C(=O)[C@H]2[C@@H]3C[C@@H]([C@H](Br)[C@@H]3Br)[C@@H]2C1=O. The minimum absolute atomic E-state index is 0.0210. The first-order valence-corrected chi connectivity index (χ1v) is 9.25. The lowest BCUT2D eigenvalue weighted by Gasteiger charge is -2.28. The van der Waals surface area contributed by atoms with Crippen molar-refractivity contribution < 1.29 is 19.5 Å². The zero-order valence-electron chi connectivity index (χ0n) is 11.9. The highest BCUT2D eigenvalue weighted by atomic mass is 79.9. The van der Waals surface area contributed by atoms with E-state index in [1.54, 1.807) is 12.1 Å². The van der Waals surface area contributed by atoms with Gasteiger partial charge in [0, 0.05) is 9.65 Å². The summed E-state index contributed by atoms with van der Waals surface area (Å²) in [4.78, 5) is 38.6. The summed E-state index contributed by atoms with van der Waals surface area (Å²) in [5.74, 6) is -2.10. The van der Waals surface area contributed by atoms with E-state index in [-0.39, 0.29) is 56.4 Å². The van der Waals surface area contributed by atoms with Gasteiger partial charge in [0.2, 0.25) is 11.8 Å². The van der Waals surface area contributed by atoms with Crippen molar-refractivity contribution in [2.75, 3.05) is 4.90 Å². The second-order valence-electron chi connectivity index (χ2n) is 6.34. The van der Waals surface area contributed by atoms with E-state index in [0.717, 1.165) is 11.3 Å². The van der Waals surface area contributed by atoms with Crippen LogP contribution >= 0.6 is 31.9 Å². The molecule has 2 saturated carbocycles. The van der Waals surface area contributed by atoms with Crippen molar-refractivity contribution in [3.63, 3.8) is 0 Å². The van der Waals surface area contributed by atoms with Crippen LogP contribution in [0.15, 0.2) is 24.3 Å². The molecule has 2 bridgehead atoms. The van der Waals surface area contributed by atoms with Gasteiger partial charge < -0.3 is 5.11 Å². The van der Waals surface area contributed by atoms with Crippen LogP contribution in [0, 0.1) is 23.7 Å². The van der Waals surface area contributed by atoms with Crippen molar-refractivity contribution in [1.82, 2.24) is 0 Å². The zero-order chi connectivity index (χ0) is 16.5. The summed E-state index contributed by atoms with van der Waals surface area (Å²) >= 11 is 7.27. The first-order valence-electron chi connectivity index (χ1n) is 7.41. The van der Waals surface area contributed by atoms with Crippen LogP contribution in [0.3, 0.4) is 0 Å². The Morgan fingerprint density at radius 2 is 1.57 bits per heavy atom. The Bertz CT molecular complexity index is 705. The van der Waals surface area contributed by atoms with Crippen molar-refractivity contribution in [3.8, 4) is 0 Å². The smallest absolute Gasteiger partial charge is 0.337 e. The number of anilines is 1. The highest BCUT2D eigenvalue weighted by molar-refractivity contribution is 9.12. The maximum atomic E-state index is 12.9. The number of amides is 2. The molecule has 1 saturated heterocycles. The maximum absolute atomic E-state index is 12.9. The summed E-state index contributed by atoms with van der Waals surface area (Å²) in [7, 11) is 0. The standard InChI is InChI=1S/C16H13Br2NO4/c17-12-7-5-8(13(12)18)11-10(7)14(20)19(15(11)21)9-4-2-1-3-6(9)16(22)23/h1-4,7-8,10-13H,5H2,(H,22,23)/t7-,8+,10-,11-,12+,13-/m0/s1. The first kappa shape index (κ1) is 15.3. The van der Waals surface area contributed by atoms with Crippen LogP contribution in [0.25, 0.3) is 0 Å². The normalized spacial score (nSPS) is 38.3. The van der Waals surface area contributed by atoms with Crippen LogP contribution in [-0.2, 0) is 9.59 Å². The molecule has 0 spiro atoms. The first-order chi connectivity index (χ1) is 10.9. The molecule has 5 nitrogen and oxygen atoms in total.